The monoisotopic (exact) mass is 466 g/mol. The molecule has 0 aliphatic rings. The van der Waals surface area contributed by atoms with Crippen molar-refractivity contribution in [3.8, 4) is 5.75 Å². The first-order valence-corrected chi connectivity index (χ1v) is 9.88. The van der Waals surface area contributed by atoms with E-state index in [1.54, 1.807) is 36.5 Å². The van der Waals surface area contributed by atoms with Crippen molar-refractivity contribution in [1.82, 2.24) is 15.0 Å². The number of hydrogen-bond acceptors (Lipinski definition) is 7. The quantitative estimate of drug-likeness (QED) is 0.330. The second kappa shape index (κ2) is 9.86. The summed E-state index contributed by atoms with van der Waals surface area (Å²) in [6, 6.07) is 18.7. The molecule has 0 bridgehead atoms. The number of aromatic nitrogens is 3. The number of nitrogens with one attached hydrogen (secondary N) is 3. The summed E-state index contributed by atoms with van der Waals surface area (Å²) in [5, 5.41) is 8.83. The van der Waals surface area contributed by atoms with Crippen LogP contribution in [0, 0.1) is 0 Å². The van der Waals surface area contributed by atoms with E-state index in [0.717, 1.165) is 12.1 Å². The van der Waals surface area contributed by atoms with Crippen molar-refractivity contribution < 1.29 is 22.7 Å². The Kier molecular flexibility index (Phi) is 6.53. The van der Waals surface area contributed by atoms with E-state index >= 15 is 0 Å². The van der Waals surface area contributed by atoms with Gasteiger partial charge in [0.05, 0.1) is 0 Å². The van der Waals surface area contributed by atoms with Crippen LogP contribution in [0.5, 0.6) is 5.75 Å². The summed E-state index contributed by atoms with van der Waals surface area (Å²) in [7, 11) is 0. The zero-order valence-corrected chi connectivity index (χ0v) is 17.4. The number of anilines is 5. The summed E-state index contributed by atoms with van der Waals surface area (Å²) in [5.74, 6) is 0.682. The van der Waals surface area contributed by atoms with Crippen molar-refractivity contribution in [3.63, 3.8) is 0 Å². The second-order valence-electron chi connectivity index (χ2n) is 6.86. The number of carbonyl (C=O) groups is 1. The molecule has 4 aromatic rings. The van der Waals surface area contributed by atoms with Gasteiger partial charge in [0.15, 0.2) is 0 Å². The Hall–Kier alpha value is -4.67. The van der Waals surface area contributed by atoms with E-state index in [4.69, 9.17) is 0 Å². The standard InChI is InChI=1S/C23H17F3N6O2/c24-23(25,26)34-18-5-3-4-15(12-18)22(33)31-17-9-7-16(8-10-17)30-20-13-21(29-14-28-20)32-19-6-1-2-11-27-19/h1-14H,(H,31,33)(H2,27,28,29,30,32). The van der Waals surface area contributed by atoms with Gasteiger partial charge in [-0.3, -0.25) is 4.79 Å². The first kappa shape index (κ1) is 22.5. The van der Waals surface area contributed by atoms with E-state index in [1.165, 1.54) is 18.5 Å². The number of rotatable bonds is 7. The smallest absolute Gasteiger partial charge is 0.406 e. The molecule has 4 rings (SSSR count). The molecule has 172 valence electrons. The Labute approximate surface area is 191 Å². The molecule has 3 N–H and O–H groups in total. The Morgan fingerprint density at radius 1 is 0.765 bits per heavy atom. The molecule has 2 heterocycles. The molecule has 0 atom stereocenters. The third-order valence-electron chi connectivity index (χ3n) is 4.33. The first-order valence-electron chi connectivity index (χ1n) is 9.88. The zero-order chi connectivity index (χ0) is 24.0. The highest BCUT2D eigenvalue weighted by atomic mass is 19.4. The molecule has 0 saturated carbocycles. The van der Waals surface area contributed by atoms with Gasteiger partial charge >= 0.3 is 6.36 Å². The summed E-state index contributed by atoms with van der Waals surface area (Å²) in [6.45, 7) is 0. The number of amides is 1. The van der Waals surface area contributed by atoms with Gasteiger partial charge in [-0.2, -0.15) is 0 Å². The number of benzene rings is 2. The lowest BCUT2D eigenvalue weighted by Crippen LogP contribution is -2.18. The highest BCUT2D eigenvalue weighted by molar-refractivity contribution is 6.04. The van der Waals surface area contributed by atoms with Crippen molar-refractivity contribution in [2.45, 2.75) is 6.36 Å². The number of halogens is 3. The molecule has 2 aromatic carbocycles. The van der Waals surface area contributed by atoms with Crippen LogP contribution < -0.4 is 20.7 Å². The molecule has 34 heavy (non-hydrogen) atoms. The van der Waals surface area contributed by atoms with E-state index in [1.807, 2.05) is 18.2 Å². The van der Waals surface area contributed by atoms with Gasteiger partial charge < -0.3 is 20.7 Å². The van der Waals surface area contributed by atoms with Crippen molar-refractivity contribution in [2.24, 2.45) is 0 Å². The van der Waals surface area contributed by atoms with Gasteiger partial charge in [-0.1, -0.05) is 12.1 Å². The number of nitrogens with zero attached hydrogens (tertiary/aromatic N) is 3. The van der Waals surface area contributed by atoms with E-state index in [-0.39, 0.29) is 5.56 Å². The number of carbonyl (C=O) groups excluding carboxylic acids is 1. The maximum absolute atomic E-state index is 12.4. The minimum absolute atomic E-state index is 0.0258. The molecule has 0 saturated heterocycles. The average Bonchev–Trinajstić information content (AvgIpc) is 2.80. The Balaban J connectivity index is 1.38. The highest BCUT2D eigenvalue weighted by Gasteiger charge is 2.31. The van der Waals surface area contributed by atoms with Crippen LogP contribution in [0.1, 0.15) is 10.4 Å². The van der Waals surface area contributed by atoms with Crippen LogP contribution in [0.3, 0.4) is 0 Å². The van der Waals surface area contributed by atoms with Gasteiger partial charge in [-0.15, -0.1) is 13.2 Å². The van der Waals surface area contributed by atoms with E-state index < -0.39 is 18.0 Å². The Morgan fingerprint density at radius 3 is 2.21 bits per heavy atom. The maximum Gasteiger partial charge on any atom is 0.573 e. The average molecular weight is 466 g/mol. The molecule has 0 aliphatic carbocycles. The molecular weight excluding hydrogens is 449 g/mol. The largest absolute Gasteiger partial charge is 0.573 e. The minimum atomic E-state index is -4.84. The fraction of sp³-hybridized carbons (Fsp3) is 0.0435. The van der Waals surface area contributed by atoms with E-state index in [2.05, 4.69) is 35.6 Å². The molecule has 0 aliphatic heterocycles. The fourth-order valence-corrected chi connectivity index (χ4v) is 2.88. The molecule has 2 aromatic heterocycles. The normalized spacial score (nSPS) is 10.9. The lowest BCUT2D eigenvalue weighted by Gasteiger charge is -2.11. The predicted molar refractivity (Wildman–Crippen MR) is 120 cm³/mol. The van der Waals surface area contributed by atoms with Crippen LogP contribution in [0.25, 0.3) is 0 Å². The van der Waals surface area contributed by atoms with Gasteiger partial charge in [-0.25, -0.2) is 15.0 Å². The lowest BCUT2D eigenvalue weighted by molar-refractivity contribution is -0.274. The zero-order valence-electron chi connectivity index (χ0n) is 17.4. The van der Waals surface area contributed by atoms with Crippen molar-refractivity contribution in [2.75, 3.05) is 16.0 Å². The van der Waals surface area contributed by atoms with Gasteiger partial charge in [0.1, 0.15) is 29.5 Å². The Bertz CT molecular complexity index is 1270. The van der Waals surface area contributed by atoms with Crippen molar-refractivity contribution in [3.05, 3.63) is 90.9 Å². The number of pyridine rings is 1. The van der Waals surface area contributed by atoms with Crippen molar-refractivity contribution >= 4 is 34.7 Å². The minimum Gasteiger partial charge on any atom is -0.406 e. The van der Waals surface area contributed by atoms with Crippen LogP contribution in [0.4, 0.5) is 42.0 Å². The molecule has 0 spiro atoms. The fourth-order valence-electron chi connectivity index (χ4n) is 2.88. The number of alkyl halides is 3. The molecular formula is C23H17F3N6O2. The maximum atomic E-state index is 12.4. The summed E-state index contributed by atoms with van der Waals surface area (Å²) in [4.78, 5) is 24.9. The SMILES string of the molecule is O=C(Nc1ccc(Nc2cc(Nc3ccccn3)ncn2)cc1)c1cccc(OC(F)(F)F)c1. The van der Waals surface area contributed by atoms with Crippen LogP contribution in [-0.4, -0.2) is 27.2 Å². The molecule has 1 amide bonds. The third-order valence-corrected chi connectivity index (χ3v) is 4.33. The Morgan fingerprint density at radius 2 is 1.50 bits per heavy atom. The molecule has 0 fully saturated rings. The second-order valence-corrected chi connectivity index (χ2v) is 6.86. The lowest BCUT2D eigenvalue weighted by atomic mass is 10.2. The van der Waals surface area contributed by atoms with Crippen LogP contribution >= 0.6 is 0 Å². The van der Waals surface area contributed by atoms with Gasteiger partial charge in [0.2, 0.25) is 0 Å². The van der Waals surface area contributed by atoms with Crippen LogP contribution in [0.2, 0.25) is 0 Å². The summed E-state index contributed by atoms with van der Waals surface area (Å²) >= 11 is 0. The third kappa shape index (κ3) is 6.42. The number of ether oxygens (including phenoxy) is 1. The van der Waals surface area contributed by atoms with Crippen LogP contribution in [-0.2, 0) is 0 Å². The predicted octanol–water partition coefficient (Wildman–Crippen LogP) is 5.51. The van der Waals surface area contributed by atoms with Gasteiger partial charge in [-0.05, 0) is 54.6 Å². The molecule has 0 unspecified atom stereocenters. The summed E-state index contributed by atoms with van der Waals surface area (Å²) in [5.41, 5.74) is 1.18. The van der Waals surface area contributed by atoms with E-state index in [0.29, 0.717) is 28.8 Å². The van der Waals surface area contributed by atoms with Crippen LogP contribution in [0.15, 0.2) is 85.3 Å². The molecule has 11 heteroatoms. The summed E-state index contributed by atoms with van der Waals surface area (Å²) < 4.78 is 41.0. The molecule has 0 radical (unpaired) electrons. The van der Waals surface area contributed by atoms with Gasteiger partial charge in [0, 0.05) is 29.2 Å². The van der Waals surface area contributed by atoms with E-state index in [9.17, 15) is 18.0 Å². The van der Waals surface area contributed by atoms with Crippen molar-refractivity contribution in [1.29, 1.82) is 0 Å². The number of hydrogen-bond donors (Lipinski definition) is 3. The highest BCUT2D eigenvalue weighted by Crippen LogP contribution is 2.24. The molecule has 8 nitrogen and oxygen atoms in total. The first-order chi connectivity index (χ1) is 16.3. The summed E-state index contributed by atoms with van der Waals surface area (Å²) in [6.07, 6.45) is -1.77. The topological polar surface area (TPSA) is 101 Å². The van der Waals surface area contributed by atoms with Gasteiger partial charge in [0.25, 0.3) is 5.91 Å².